The summed E-state index contributed by atoms with van der Waals surface area (Å²) >= 11 is 0. The van der Waals surface area contributed by atoms with Crippen molar-refractivity contribution in [2.75, 3.05) is 6.54 Å². The van der Waals surface area contributed by atoms with Crippen LogP contribution in [0.5, 0.6) is 0 Å². The number of nitrogens with two attached hydrogens (primary N) is 1. The second-order valence-corrected chi connectivity index (χ2v) is 8.74. The fraction of sp³-hybridized carbons (Fsp3) is 1.00. The molecular formula is C17H37NO3S. The molecule has 0 bridgehead atoms. The predicted molar refractivity (Wildman–Crippen MR) is 94.6 cm³/mol. The number of rotatable bonds is 14. The molecule has 0 amide bonds. The Morgan fingerprint density at radius 2 is 1.36 bits per heavy atom. The molecule has 0 heterocycles. The highest BCUT2D eigenvalue weighted by Crippen LogP contribution is 2.31. The molecule has 0 aliphatic carbocycles. The average molecular weight is 336 g/mol. The molecule has 134 valence electrons. The molecule has 0 aromatic heterocycles. The van der Waals surface area contributed by atoms with E-state index in [4.69, 9.17) is 5.73 Å². The summed E-state index contributed by atoms with van der Waals surface area (Å²) in [5, 5.41) is 0. The van der Waals surface area contributed by atoms with Crippen LogP contribution in [0.3, 0.4) is 0 Å². The van der Waals surface area contributed by atoms with Crippen LogP contribution in [0.15, 0.2) is 0 Å². The first-order valence-corrected chi connectivity index (χ1v) is 10.4. The van der Waals surface area contributed by atoms with Gasteiger partial charge in [0, 0.05) is 0 Å². The Morgan fingerprint density at radius 3 is 1.73 bits per heavy atom. The zero-order valence-electron chi connectivity index (χ0n) is 14.8. The Balaban J connectivity index is 3.88. The van der Waals surface area contributed by atoms with Gasteiger partial charge in [-0.2, -0.15) is 8.42 Å². The Bertz CT molecular complexity index is 370. The first kappa shape index (κ1) is 21.9. The second-order valence-electron chi connectivity index (χ2n) is 6.86. The van der Waals surface area contributed by atoms with Crippen LogP contribution in [0.1, 0.15) is 91.4 Å². The van der Waals surface area contributed by atoms with Crippen molar-refractivity contribution >= 4 is 10.1 Å². The van der Waals surface area contributed by atoms with Gasteiger partial charge in [0.1, 0.15) is 0 Å². The third-order valence-electron chi connectivity index (χ3n) is 5.01. The molecule has 2 unspecified atom stereocenters. The van der Waals surface area contributed by atoms with Crippen molar-refractivity contribution in [2.24, 2.45) is 11.7 Å². The Hall–Kier alpha value is -0.130. The largest absolute Gasteiger partial charge is 0.330 e. The first-order valence-electron chi connectivity index (χ1n) is 8.96. The van der Waals surface area contributed by atoms with Crippen molar-refractivity contribution < 1.29 is 13.0 Å². The summed E-state index contributed by atoms with van der Waals surface area (Å²) in [5.74, 6) is -0.235. The van der Waals surface area contributed by atoms with Gasteiger partial charge in [-0.25, -0.2) is 0 Å². The van der Waals surface area contributed by atoms with Crippen LogP contribution in [0, 0.1) is 5.92 Å². The van der Waals surface area contributed by atoms with Crippen molar-refractivity contribution in [3.05, 3.63) is 0 Å². The summed E-state index contributed by atoms with van der Waals surface area (Å²) < 4.78 is 31.7. The molecule has 5 heteroatoms. The van der Waals surface area contributed by atoms with Crippen LogP contribution in [0.2, 0.25) is 0 Å². The molecule has 0 aliphatic rings. The minimum Gasteiger partial charge on any atom is -0.330 e. The summed E-state index contributed by atoms with van der Waals surface area (Å²) in [6, 6.07) is 0. The van der Waals surface area contributed by atoms with Gasteiger partial charge in [-0.1, -0.05) is 78.1 Å². The van der Waals surface area contributed by atoms with Crippen LogP contribution >= 0.6 is 0 Å². The fourth-order valence-corrected chi connectivity index (χ4v) is 3.85. The van der Waals surface area contributed by atoms with Gasteiger partial charge in [-0.15, -0.1) is 0 Å². The van der Waals surface area contributed by atoms with Crippen molar-refractivity contribution in [1.82, 2.24) is 0 Å². The molecule has 0 rings (SSSR count). The Kier molecular flexibility index (Phi) is 11.3. The van der Waals surface area contributed by atoms with E-state index >= 15 is 0 Å². The van der Waals surface area contributed by atoms with Crippen molar-refractivity contribution in [1.29, 1.82) is 0 Å². The molecule has 22 heavy (non-hydrogen) atoms. The SMILES string of the molecule is CCCCCCCCCCCCC(C)(C(C)CN)S(=O)(=O)O. The Labute approximate surface area is 138 Å². The minimum atomic E-state index is -4.07. The third-order valence-corrected chi connectivity index (χ3v) is 6.80. The van der Waals surface area contributed by atoms with Gasteiger partial charge in [0.25, 0.3) is 10.1 Å². The van der Waals surface area contributed by atoms with Crippen LogP contribution in [0.25, 0.3) is 0 Å². The normalized spacial score (nSPS) is 16.4. The number of hydrogen-bond donors (Lipinski definition) is 2. The van der Waals surface area contributed by atoms with Gasteiger partial charge in [0.05, 0.1) is 4.75 Å². The third kappa shape index (κ3) is 7.93. The average Bonchev–Trinajstić information content (AvgIpc) is 2.46. The van der Waals surface area contributed by atoms with Crippen molar-refractivity contribution in [2.45, 2.75) is 96.1 Å². The summed E-state index contributed by atoms with van der Waals surface area (Å²) in [6.45, 7) is 5.91. The highest BCUT2D eigenvalue weighted by molar-refractivity contribution is 7.87. The summed E-state index contributed by atoms with van der Waals surface area (Å²) in [7, 11) is -4.07. The van der Waals surface area contributed by atoms with Crippen molar-refractivity contribution in [3.63, 3.8) is 0 Å². The first-order chi connectivity index (χ1) is 10.3. The van der Waals surface area contributed by atoms with E-state index in [1.54, 1.807) is 13.8 Å². The molecule has 0 spiro atoms. The zero-order chi connectivity index (χ0) is 17.1. The molecule has 0 aromatic carbocycles. The van der Waals surface area contributed by atoms with E-state index in [0.29, 0.717) is 6.42 Å². The van der Waals surface area contributed by atoms with E-state index in [1.165, 1.54) is 44.9 Å². The van der Waals surface area contributed by atoms with E-state index in [2.05, 4.69) is 6.92 Å². The second kappa shape index (κ2) is 11.4. The lowest BCUT2D eigenvalue weighted by Gasteiger charge is -2.31. The molecule has 4 nitrogen and oxygen atoms in total. The number of unbranched alkanes of at least 4 members (excludes halogenated alkanes) is 9. The van der Waals surface area contributed by atoms with Gasteiger partial charge in [-0.3, -0.25) is 4.55 Å². The summed E-state index contributed by atoms with van der Waals surface area (Å²) in [4.78, 5) is 0. The molecule has 0 radical (unpaired) electrons. The van der Waals surface area contributed by atoms with Gasteiger partial charge in [0.15, 0.2) is 0 Å². The van der Waals surface area contributed by atoms with Crippen LogP contribution < -0.4 is 5.73 Å². The van der Waals surface area contributed by atoms with Crippen molar-refractivity contribution in [3.8, 4) is 0 Å². The smallest absolute Gasteiger partial charge is 0.270 e. The summed E-state index contributed by atoms with van der Waals surface area (Å²) in [6.07, 6.45) is 12.6. The standard InChI is InChI=1S/C17H37NO3S/c1-4-5-6-7-8-9-10-11-12-13-14-17(3,16(2)15-18)22(19,20)21/h16H,4-15,18H2,1-3H3,(H,19,20,21). The Morgan fingerprint density at radius 1 is 0.955 bits per heavy atom. The maximum atomic E-state index is 11.6. The lowest BCUT2D eigenvalue weighted by molar-refractivity contribution is 0.337. The zero-order valence-corrected chi connectivity index (χ0v) is 15.6. The quantitative estimate of drug-likeness (QED) is 0.361. The molecule has 0 aliphatic heterocycles. The monoisotopic (exact) mass is 335 g/mol. The summed E-state index contributed by atoms with van der Waals surface area (Å²) in [5.41, 5.74) is 5.60. The lowest BCUT2D eigenvalue weighted by Crippen LogP contribution is -2.44. The van der Waals surface area contributed by atoms with E-state index in [0.717, 1.165) is 19.3 Å². The number of hydrogen-bond acceptors (Lipinski definition) is 3. The highest BCUT2D eigenvalue weighted by Gasteiger charge is 2.41. The minimum absolute atomic E-state index is 0.235. The molecule has 0 saturated carbocycles. The van der Waals surface area contributed by atoms with Gasteiger partial charge < -0.3 is 5.73 Å². The van der Waals surface area contributed by atoms with Crippen LogP contribution in [-0.2, 0) is 10.1 Å². The highest BCUT2D eigenvalue weighted by atomic mass is 32.2. The molecule has 3 N–H and O–H groups in total. The predicted octanol–water partition coefficient (Wildman–Crippen LogP) is 4.54. The van der Waals surface area contributed by atoms with Crippen LogP contribution in [0.4, 0.5) is 0 Å². The van der Waals surface area contributed by atoms with E-state index in [9.17, 15) is 13.0 Å². The van der Waals surface area contributed by atoms with E-state index < -0.39 is 14.9 Å². The molecule has 2 atom stereocenters. The maximum Gasteiger partial charge on any atom is 0.270 e. The van der Waals surface area contributed by atoms with Gasteiger partial charge >= 0.3 is 0 Å². The van der Waals surface area contributed by atoms with Gasteiger partial charge in [-0.05, 0) is 25.8 Å². The molecule has 0 fully saturated rings. The van der Waals surface area contributed by atoms with Gasteiger partial charge in [0.2, 0.25) is 0 Å². The van der Waals surface area contributed by atoms with Crippen LogP contribution in [-0.4, -0.2) is 24.3 Å². The molecular weight excluding hydrogens is 298 g/mol. The lowest BCUT2D eigenvalue weighted by atomic mass is 9.89. The fourth-order valence-electron chi connectivity index (χ4n) is 2.84. The maximum absolute atomic E-state index is 11.6. The van der Waals surface area contributed by atoms with E-state index in [-0.39, 0.29) is 12.5 Å². The van der Waals surface area contributed by atoms with E-state index in [1.807, 2.05) is 0 Å². The topological polar surface area (TPSA) is 80.4 Å². The molecule has 0 aromatic rings. The molecule has 0 saturated heterocycles.